The van der Waals surface area contributed by atoms with Crippen LogP contribution in [-0.2, 0) is 11.3 Å². The molecule has 0 aromatic heterocycles. The molecule has 1 aliphatic rings. The van der Waals surface area contributed by atoms with Crippen molar-refractivity contribution in [2.24, 2.45) is 5.92 Å². The first kappa shape index (κ1) is 13.4. The number of nitrogens with one attached hydrogen (secondary N) is 1. The van der Waals surface area contributed by atoms with Crippen LogP contribution in [0.5, 0.6) is 5.75 Å². The predicted octanol–water partition coefficient (Wildman–Crippen LogP) is 2.90. The quantitative estimate of drug-likeness (QED) is 0.890. The summed E-state index contributed by atoms with van der Waals surface area (Å²) < 4.78 is 11.4. The van der Waals surface area contributed by atoms with Crippen LogP contribution in [0.4, 0.5) is 0 Å². The van der Waals surface area contributed by atoms with Crippen molar-refractivity contribution in [1.82, 2.24) is 5.32 Å². The van der Waals surface area contributed by atoms with Crippen LogP contribution >= 0.6 is 0 Å². The van der Waals surface area contributed by atoms with Crippen LogP contribution in [0, 0.1) is 5.92 Å². The molecule has 0 saturated carbocycles. The Kier molecular flexibility index (Phi) is 4.61. The first-order valence-corrected chi connectivity index (χ1v) is 6.73. The summed E-state index contributed by atoms with van der Waals surface area (Å²) in [6.45, 7) is 9.62. The minimum absolute atomic E-state index is 0.340. The molecule has 0 bridgehead atoms. The molecule has 1 aliphatic heterocycles. The molecule has 2 rings (SSSR count). The molecule has 100 valence electrons. The van der Waals surface area contributed by atoms with Gasteiger partial charge in [0.05, 0.1) is 6.61 Å². The zero-order chi connectivity index (χ0) is 13.0. The van der Waals surface area contributed by atoms with Crippen LogP contribution in [0.25, 0.3) is 0 Å². The first-order chi connectivity index (χ1) is 8.66. The van der Waals surface area contributed by atoms with Crippen molar-refractivity contribution in [1.29, 1.82) is 0 Å². The molecule has 1 heterocycles. The third-order valence-electron chi connectivity index (χ3n) is 3.07. The van der Waals surface area contributed by atoms with Crippen molar-refractivity contribution in [2.75, 3.05) is 19.8 Å². The molecule has 0 amide bonds. The zero-order valence-corrected chi connectivity index (χ0v) is 11.5. The topological polar surface area (TPSA) is 30.5 Å². The minimum Gasteiger partial charge on any atom is -0.492 e. The highest BCUT2D eigenvalue weighted by Gasteiger charge is 2.15. The number of benzene rings is 1. The van der Waals surface area contributed by atoms with Gasteiger partial charge < -0.3 is 14.8 Å². The molecule has 0 fully saturated rings. The molecule has 0 saturated heterocycles. The zero-order valence-electron chi connectivity index (χ0n) is 11.5. The largest absolute Gasteiger partial charge is 0.492 e. The van der Waals surface area contributed by atoms with Crippen LogP contribution in [-0.4, -0.2) is 19.8 Å². The van der Waals surface area contributed by atoms with E-state index in [0.29, 0.717) is 18.6 Å². The van der Waals surface area contributed by atoms with Crippen LogP contribution < -0.4 is 10.1 Å². The predicted molar refractivity (Wildman–Crippen MR) is 72.8 cm³/mol. The summed E-state index contributed by atoms with van der Waals surface area (Å²) in [6.07, 6.45) is 0. The van der Waals surface area contributed by atoms with E-state index in [1.54, 1.807) is 0 Å². The Morgan fingerprint density at radius 1 is 1.44 bits per heavy atom. The van der Waals surface area contributed by atoms with Gasteiger partial charge in [0.1, 0.15) is 12.4 Å². The summed E-state index contributed by atoms with van der Waals surface area (Å²) in [7, 11) is 0. The Morgan fingerprint density at radius 3 is 3.06 bits per heavy atom. The van der Waals surface area contributed by atoms with E-state index in [2.05, 4.69) is 44.3 Å². The highest BCUT2D eigenvalue weighted by Crippen LogP contribution is 2.28. The standard InChI is InChI=1S/C15H23NO2/c1-11(2)9-17-10-13-4-5-15-14(8-13)12(3)16-6-7-18-15/h4-5,8,11-12,16H,6-7,9-10H2,1-3H3. The van der Waals surface area contributed by atoms with Gasteiger partial charge in [0, 0.05) is 24.8 Å². The maximum Gasteiger partial charge on any atom is 0.124 e. The third kappa shape index (κ3) is 3.47. The lowest BCUT2D eigenvalue weighted by molar-refractivity contribution is 0.0970. The smallest absolute Gasteiger partial charge is 0.124 e. The van der Waals surface area contributed by atoms with E-state index < -0.39 is 0 Å². The molecule has 1 aromatic rings. The summed E-state index contributed by atoms with van der Waals surface area (Å²) >= 11 is 0. The second-order valence-corrected chi connectivity index (χ2v) is 5.31. The summed E-state index contributed by atoms with van der Waals surface area (Å²) in [5.74, 6) is 1.58. The van der Waals surface area contributed by atoms with Gasteiger partial charge in [0.2, 0.25) is 0 Å². The molecule has 0 spiro atoms. The number of rotatable bonds is 4. The third-order valence-corrected chi connectivity index (χ3v) is 3.07. The molecular formula is C15H23NO2. The average Bonchev–Trinajstić information content (AvgIpc) is 2.51. The lowest BCUT2D eigenvalue weighted by atomic mass is 10.0. The fourth-order valence-electron chi connectivity index (χ4n) is 2.12. The summed E-state index contributed by atoms with van der Waals surface area (Å²) in [4.78, 5) is 0. The van der Waals surface area contributed by atoms with E-state index >= 15 is 0 Å². The summed E-state index contributed by atoms with van der Waals surface area (Å²) in [6, 6.07) is 6.69. The number of fused-ring (bicyclic) bond motifs is 1. The number of hydrogen-bond acceptors (Lipinski definition) is 3. The Morgan fingerprint density at radius 2 is 2.28 bits per heavy atom. The summed E-state index contributed by atoms with van der Waals surface area (Å²) in [5.41, 5.74) is 2.45. The van der Waals surface area contributed by atoms with Gasteiger partial charge in [-0.15, -0.1) is 0 Å². The van der Waals surface area contributed by atoms with E-state index in [1.165, 1.54) is 11.1 Å². The molecule has 1 aromatic carbocycles. The van der Waals surface area contributed by atoms with E-state index in [1.807, 2.05) is 0 Å². The highest BCUT2D eigenvalue weighted by atomic mass is 16.5. The van der Waals surface area contributed by atoms with E-state index in [-0.39, 0.29) is 0 Å². The minimum atomic E-state index is 0.340. The van der Waals surface area contributed by atoms with Gasteiger partial charge in [0.15, 0.2) is 0 Å². The van der Waals surface area contributed by atoms with Gasteiger partial charge in [-0.3, -0.25) is 0 Å². The van der Waals surface area contributed by atoms with E-state index in [9.17, 15) is 0 Å². The molecule has 1 unspecified atom stereocenters. The Bertz CT molecular complexity index is 390. The molecule has 1 atom stereocenters. The second kappa shape index (κ2) is 6.21. The summed E-state index contributed by atoms with van der Waals surface area (Å²) in [5, 5.41) is 3.44. The van der Waals surface area contributed by atoms with Crippen molar-refractivity contribution in [3.63, 3.8) is 0 Å². The fourth-order valence-corrected chi connectivity index (χ4v) is 2.12. The molecular weight excluding hydrogens is 226 g/mol. The van der Waals surface area contributed by atoms with Crippen molar-refractivity contribution >= 4 is 0 Å². The van der Waals surface area contributed by atoms with Gasteiger partial charge in [-0.05, 0) is 30.5 Å². The molecule has 18 heavy (non-hydrogen) atoms. The molecule has 0 aliphatic carbocycles. The normalized spacial score (nSPS) is 19.2. The Hall–Kier alpha value is -1.06. The van der Waals surface area contributed by atoms with E-state index in [4.69, 9.17) is 9.47 Å². The highest BCUT2D eigenvalue weighted by molar-refractivity contribution is 5.39. The fraction of sp³-hybridized carbons (Fsp3) is 0.600. The average molecular weight is 249 g/mol. The van der Waals surface area contributed by atoms with Gasteiger partial charge >= 0.3 is 0 Å². The monoisotopic (exact) mass is 249 g/mol. The Balaban J connectivity index is 2.05. The molecule has 3 heteroatoms. The maximum absolute atomic E-state index is 5.71. The van der Waals surface area contributed by atoms with Gasteiger partial charge in [-0.25, -0.2) is 0 Å². The first-order valence-electron chi connectivity index (χ1n) is 6.73. The number of hydrogen-bond donors (Lipinski definition) is 1. The van der Waals surface area contributed by atoms with Gasteiger partial charge in [-0.2, -0.15) is 0 Å². The lowest BCUT2D eigenvalue weighted by Crippen LogP contribution is -2.20. The molecule has 0 radical (unpaired) electrons. The van der Waals surface area contributed by atoms with Crippen molar-refractivity contribution in [2.45, 2.75) is 33.4 Å². The molecule has 1 N–H and O–H groups in total. The van der Waals surface area contributed by atoms with Gasteiger partial charge in [-0.1, -0.05) is 19.9 Å². The van der Waals surface area contributed by atoms with Gasteiger partial charge in [0.25, 0.3) is 0 Å². The van der Waals surface area contributed by atoms with Crippen LogP contribution in [0.15, 0.2) is 18.2 Å². The maximum atomic E-state index is 5.71. The Labute approximate surface area is 109 Å². The molecule has 3 nitrogen and oxygen atoms in total. The van der Waals surface area contributed by atoms with Crippen molar-refractivity contribution < 1.29 is 9.47 Å². The lowest BCUT2D eigenvalue weighted by Gasteiger charge is -2.14. The van der Waals surface area contributed by atoms with Crippen molar-refractivity contribution in [3.8, 4) is 5.75 Å². The van der Waals surface area contributed by atoms with Crippen LogP contribution in [0.2, 0.25) is 0 Å². The second-order valence-electron chi connectivity index (χ2n) is 5.31. The SMILES string of the molecule is CC(C)COCc1ccc2c(c1)C(C)NCCO2. The number of ether oxygens (including phenoxy) is 2. The van der Waals surface area contributed by atoms with E-state index in [0.717, 1.165) is 25.5 Å². The van der Waals surface area contributed by atoms with Crippen LogP contribution in [0.3, 0.4) is 0 Å². The van der Waals surface area contributed by atoms with Crippen LogP contribution in [0.1, 0.15) is 37.9 Å². The van der Waals surface area contributed by atoms with Crippen molar-refractivity contribution in [3.05, 3.63) is 29.3 Å².